The minimum Gasteiger partial charge on any atom is -0.327 e. The number of aryl methyl sites for hydroxylation is 2. The molecule has 0 aliphatic rings. The van der Waals surface area contributed by atoms with Crippen molar-refractivity contribution in [1.29, 1.82) is 0 Å². The summed E-state index contributed by atoms with van der Waals surface area (Å²) < 4.78 is 75.2. The summed E-state index contributed by atoms with van der Waals surface area (Å²) in [6.07, 6.45) is -11.3. The van der Waals surface area contributed by atoms with Crippen LogP contribution in [0.4, 0.5) is 26.3 Å². The number of rotatable bonds is 3. The molecular formula is C13H15F6N. The van der Waals surface area contributed by atoms with E-state index in [1.165, 1.54) is 12.1 Å². The molecule has 1 rings (SSSR count). The Hall–Kier alpha value is -1.24. The van der Waals surface area contributed by atoms with Gasteiger partial charge in [0.05, 0.1) is 0 Å². The molecule has 20 heavy (non-hydrogen) atoms. The lowest BCUT2D eigenvalue weighted by molar-refractivity contribution is -0.289. The van der Waals surface area contributed by atoms with E-state index in [0.717, 1.165) is 11.1 Å². The topological polar surface area (TPSA) is 26.0 Å². The standard InChI is InChI=1S/C13H15F6N/c1-7-3-8(2)5-9(4-7)6-10(20)11(12(14,15)16)13(17,18)19/h3-5,10-11H,6,20H2,1-2H3. The molecule has 0 aliphatic heterocycles. The van der Waals surface area contributed by atoms with E-state index < -0.39 is 30.7 Å². The van der Waals surface area contributed by atoms with E-state index in [0.29, 0.717) is 5.56 Å². The summed E-state index contributed by atoms with van der Waals surface area (Å²) in [5.41, 5.74) is 7.08. The molecule has 0 saturated carbocycles. The molecule has 0 radical (unpaired) electrons. The van der Waals surface area contributed by atoms with Crippen molar-refractivity contribution in [3.05, 3.63) is 34.9 Å². The molecule has 0 aromatic heterocycles. The fraction of sp³-hybridized carbons (Fsp3) is 0.538. The molecule has 0 bridgehead atoms. The van der Waals surface area contributed by atoms with Gasteiger partial charge in [0.15, 0.2) is 5.92 Å². The lowest BCUT2D eigenvalue weighted by Gasteiger charge is -2.28. The monoisotopic (exact) mass is 299 g/mol. The van der Waals surface area contributed by atoms with E-state index in [-0.39, 0.29) is 0 Å². The van der Waals surface area contributed by atoms with Gasteiger partial charge in [-0.05, 0) is 25.8 Å². The van der Waals surface area contributed by atoms with Crippen LogP contribution >= 0.6 is 0 Å². The molecule has 1 unspecified atom stereocenters. The van der Waals surface area contributed by atoms with Crippen molar-refractivity contribution in [2.75, 3.05) is 0 Å². The highest BCUT2D eigenvalue weighted by molar-refractivity contribution is 5.29. The van der Waals surface area contributed by atoms with E-state index in [2.05, 4.69) is 0 Å². The first-order valence-electron chi connectivity index (χ1n) is 5.87. The highest BCUT2D eigenvalue weighted by Crippen LogP contribution is 2.41. The van der Waals surface area contributed by atoms with Gasteiger partial charge in [0, 0.05) is 6.04 Å². The molecular weight excluding hydrogens is 284 g/mol. The molecule has 0 aliphatic carbocycles. The van der Waals surface area contributed by atoms with Crippen molar-refractivity contribution in [1.82, 2.24) is 0 Å². The molecule has 0 heterocycles. The summed E-state index contributed by atoms with van der Waals surface area (Å²) in [4.78, 5) is 0. The quantitative estimate of drug-likeness (QED) is 0.841. The van der Waals surface area contributed by atoms with E-state index >= 15 is 0 Å². The van der Waals surface area contributed by atoms with E-state index in [4.69, 9.17) is 5.73 Å². The second kappa shape index (κ2) is 5.63. The average molecular weight is 299 g/mol. The van der Waals surface area contributed by atoms with Crippen molar-refractivity contribution in [2.45, 2.75) is 38.7 Å². The Morgan fingerprint density at radius 3 is 1.65 bits per heavy atom. The van der Waals surface area contributed by atoms with Crippen LogP contribution in [-0.4, -0.2) is 18.4 Å². The first kappa shape index (κ1) is 16.8. The lowest BCUT2D eigenvalue weighted by Crippen LogP contribution is -2.49. The third-order valence-electron chi connectivity index (χ3n) is 2.89. The number of nitrogens with two attached hydrogens (primary N) is 1. The summed E-state index contributed by atoms with van der Waals surface area (Å²) >= 11 is 0. The van der Waals surface area contributed by atoms with Crippen LogP contribution in [0.2, 0.25) is 0 Å². The van der Waals surface area contributed by atoms with Crippen LogP contribution in [0.3, 0.4) is 0 Å². The van der Waals surface area contributed by atoms with Gasteiger partial charge in [0.1, 0.15) is 0 Å². The highest BCUT2D eigenvalue weighted by atomic mass is 19.4. The Morgan fingerprint density at radius 2 is 1.30 bits per heavy atom. The van der Waals surface area contributed by atoms with Crippen molar-refractivity contribution in [2.24, 2.45) is 11.7 Å². The maximum Gasteiger partial charge on any atom is 0.402 e. The number of alkyl halides is 6. The Morgan fingerprint density at radius 1 is 0.900 bits per heavy atom. The predicted octanol–water partition coefficient (Wildman–Crippen LogP) is 3.91. The van der Waals surface area contributed by atoms with Crippen molar-refractivity contribution in [3.8, 4) is 0 Å². The fourth-order valence-corrected chi connectivity index (χ4v) is 2.25. The first-order chi connectivity index (χ1) is 8.91. The molecule has 7 heteroatoms. The SMILES string of the molecule is Cc1cc(C)cc(CC(N)C(C(F)(F)F)C(F)(F)F)c1. The van der Waals surface area contributed by atoms with Gasteiger partial charge >= 0.3 is 12.4 Å². The molecule has 114 valence electrons. The minimum absolute atomic E-state index is 0.369. The molecule has 0 fully saturated rings. The average Bonchev–Trinajstić information content (AvgIpc) is 2.08. The number of benzene rings is 1. The number of hydrogen-bond acceptors (Lipinski definition) is 1. The largest absolute Gasteiger partial charge is 0.402 e. The second-order valence-electron chi connectivity index (χ2n) is 4.92. The van der Waals surface area contributed by atoms with Gasteiger partial charge in [0.2, 0.25) is 0 Å². The van der Waals surface area contributed by atoms with Crippen LogP contribution in [0.25, 0.3) is 0 Å². The third-order valence-corrected chi connectivity index (χ3v) is 2.89. The van der Waals surface area contributed by atoms with Gasteiger partial charge in [-0.15, -0.1) is 0 Å². The lowest BCUT2D eigenvalue weighted by atomic mass is 9.92. The summed E-state index contributed by atoms with van der Waals surface area (Å²) in [6, 6.07) is 2.80. The van der Waals surface area contributed by atoms with E-state index in [1.807, 2.05) is 0 Å². The molecule has 0 amide bonds. The predicted molar refractivity (Wildman–Crippen MR) is 63.2 cm³/mol. The van der Waals surface area contributed by atoms with Crippen LogP contribution in [0, 0.1) is 19.8 Å². The van der Waals surface area contributed by atoms with Crippen LogP contribution < -0.4 is 5.73 Å². The van der Waals surface area contributed by atoms with Gasteiger partial charge in [-0.3, -0.25) is 0 Å². The first-order valence-corrected chi connectivity index (χ1v) is 5.87. The van der Waals surface area contributed by atoms with Crippen molar-refractivity contribution < 1.29 is 26.3 Å². The zero-order valence-corrected chi connectivity index (χ0v) is 10.9. The number of hydrogen-bond donors (Lipinski definition) is 1. The van der Waals surface area contributed by atoms with Crippen molar-refractivity contribution in [3.63, 3.8) is 0 Å². The summed E-state index contributed by atoms with van der Waals surface area (Å²) in [5, 5.41) is 0. The zero-order valence-electron chi connectivity index (χ0n) is 10.9. The minimum atomic E-state index is -5.41. The Balaban J connectivity index is 3.00. The van der Waals surface area contributed by atoms with Crippen LogP contribution in [0.15, 0.2) is 18.2 Å². The van der Waals surface area contributed by atoms with Gasteiger partial charge in [-0.2, -0.15) is 26.3 Å². The van der Waals surface area contributed by atoms with Crippen LogP contribution in [-0.2, 0) is 6.42 Å². The molecule has 1 nitrogen and oxygen atoms in total. The Bertz CT molecular complexity index is 429. The second-order valence-corrected chi connectivity index (χ2v) is 4.92. The fourth-order valence-electron chi connectivity index (χ4n) is 2.25. The normalized spacial score (nSPS) is 14.7. The molecule has 1 aromatic rings. The van der Waals surface area contributed by atoms with Crippen molar-refractivity contribution >= 4 is 0 Å². The summed E-state index contributed by atoms with van der Waals surface area (Å²) in [5.74, 6) is -3.52. The number of halogens is 6. The van der Waals surface area contributed by atoms with E-state index in [9.17, 15) is 26.3 Å². The third kappa shape index (κ3) is 4.40. The molecule has 0 spiro atoms. The summed E-state index contributed by atoms with van der Waals surface area (Å²) in [6.45, 7) is 3.43. The molecule has 0 saturated heterocycles. The maximum atomic E-state index is 12.5. The van der Waals surface area contributed by atoms with E-state index in [1.54, 1.807) is 19.9 Å². The Kier molecular flexibility index (Phi) is 4.74. The zero-order chi connectivity index (χ0) is 15.7. The van der Waals surface area contributed by atoms with Crippen LogP contribution in [0.5, 0.6) is 0 Å². The smallest absolute Gasteiger partial charge is 0.327 e. The van der Waals surface area contributed by atoms with Gasteiger partial charge in [-0.1, -0.05) is 29.3 Å². The highest BCUT2D eigenvalue weighted by Gasteiger charge is 2.59. The maximum absolute atomic E-state index is 12.5. The molecule has 1 aromatic carbocycles. The summed E-state index contributed by atoms with van der Waals surface area (Å²) in [7, 11) is 0. The van der Waals surface area contributed by atoms with Crippen LogP contribution in [0.1, 0.15) is 16.7 Å². The van der Waals surface area contributed by atoms with Gasteiger partial charge in [0.25, 0.3) is 0 Å². The van der Waals surface area contributed by atoms with Gasteiger partial charge in [-0.25, -0.2) is 0 Å². The molecule has 2 N–H and O–H groups in total. The van der Waals surface area contributed by atoms with Gasteiger partial charge < -0.3 is 5.73 Å². The Labute approximate surface area is 112 Å². The molecule has 1 atom stereocenters.